The Hall–Kier alpha value is -2.10. The van der Waals surface area contributed by atoms with Crippen LogP contribution in [0.1, 0.15) is 25.8 Å². The fourth-order valence-corrected chi connectivity index (χ4v) is 3.24. The topological polar surface area (TPSA) is 31.2 Å². The fourth-order valence-electron chi connectivity index (χ4n) is 3.24. The van der Waals surface area contributed by atoms with Gasteiger partial charge in [-0.1, -0.05) is 12.1 Å². The van der Waals surface area contributed by atoms with Crippen LogP contribution in [-0.2, 0) is 5.54 Å². The summed E-state index contributed by atoms with van der Waals surface area (Å²) in [7, 11) is 4.13. The minimum atomic E-state index is -0.0644. The Balaban J connectivity index is 1.70. The van der Waals surface area contributed by atoms with Crippen LogP contribution < -0.4 is 4.90 Å². The monoisotopic (exact) mass is 280 g/mol. The molecule has 0 aromatic heterocycles. The molecule has 0 spiro atoms. The highest BCUT2D eigenvalue weighted by Crippen LogP contribution is 2.57. The smallest absolute Gasteiger partial charge is 0.145 e. The Kier molecular flexibility index (Phi) is 2.39. The van der Waals surface area contributed by atoms with E-state index >= 15 is 0 Å². The van der Waals surface area contributed by atoms with E-state index in [0.717, 1.165) is 18.0 Å². The second kappa shape index (κ2) is 3.97. The second-order valence-corrected chi connectivity index (χ2v) is 6.41. The molecule has 108 valence electrons. The van der Waals surface area contributed by atoms with Crippen molar-refractivity contribution in [3.8, 4) is 0 Å². The summed E-state index contributed by atoms with van der Waals surface area (Å²) < 4.78 is 0. The third-order valence-corrected chi connectivity index (χ3v) is 4.80. The van der Waals surface area contributed by atoms with E-state index in [1.165, 1.54) is 16.8 Å². The Morgan fingerprint density at radius 2 is 1.90 bits per heavy atom. The molecule has 2 aliphatic heterocycles. The molecule has 2 heterocycles. The van der Waals surface area contributed by atoms with Gasteiger partial charge in [0, 0.05) is 26.2 Å². The molecule has 0 bridgehead atoms. The molecule has 1 aliphatic carbocycles. The Labute approximate surface area is 125 Å². The fraction of sp³-hybridized carbons (Fsp3) is 0.412. The van der Waals surface area contributed by atoms with E-state index in [1.807, 2.05) is 0 Å². The van der Waals surface area contributed by atoms with Gasteiger partial charge in [-0.2, -0.15) is 5.10 Å². The van der Waals surface area contributed by atoms with Gasteiger partial charge in [0.15, 0.2) is 0 Å². The molecule has 2 atom stereocenters. The van der Waals surface area contributed by atoms with Gasteiger partial charge in [-0.25, -0.2) is 5.01 Å². The number of hydrogen-bond donors (Lipinski definition) is 0. The van der Waals surface area contributed by atoms with Gasteiger partial charge in [0.2, 0.25) is 0 Å². The van der Waals surface area contributed by atoms with Crippen molar-refractivity contribution in [3.05, 3.63) is 41.5 Å². The number of hydrogen-bond acceptors (Lipinski definition) is 4. The highest BCUT2D eigenvalue weighted by Gasteiger charge is 2.64. The van der Waals surface area contributed by atoms with E-state index in [4.69, 9.17) is 10.1 Å². The first-order chi connectivity index (χ1) is 10.0. The summed E-state index contributed by atoms with van der Waals surface area (Å²) in [5, 5.41) is 6.82. The van der Waals surface area contributed by atoms with Crippen molar-refractivity contribution >= 4 is 17.2 Å². The first-order valence-corrected chi connectivity index (χ1v) is 7.42. The summed E-state index contributed by atoms with van der Waals surface area (Å²) in [6.45, 7) is 4.16. The summed E-state index contributed by atoms with van der Waals surface area (Å²) in [5.74, 6) is 1.02. The Bertz CT molecular complexity index is 696. The third kappa shape index (κ3) is 1.68. The van der Waals surface area contributed by atoms with Gasteiger partial charge in [0.05, 0.1) is 11.8 Å². The first kappa shape index (κ1) is 12.6. The molecule has 2 unspecified atom stereocenters. The molecular formula is C17H20N4. The quantitative estimate of drug-likeness (QED) is 0.834. The molecule has 1 saturated carbocycles. The van der Waals surface area contributed by atoms with E-state index in [0.29, 0.717) is 6.04 Å². The first-order valence-electron chi connectivity index (χ1n) is 7.42. The third-order valence-electron chi connectivity index (χ3n) is 4.80. The molecule has 0 saturated heterocycles. The summed E-state index contributed by atoms with van der Waals surface area (Å²) in [6.07, 6.45) is 3.23. The summed E-state index contributed by atoms with van der Waals surface area (Å²) >= 11 is 0. The minimum Gasteiger partial charge on any atom is -0.378 e. The van der Waals surface area contributed by atoms with Gasteiger partial charge in [0.1, 0.15) is 11.4 Å². The molecule has 3 aliphatic rings. The van der Waals surface area contributed by atoms with Crippen LogP contribution in [0.4, 0.5) is 5.69 Å². The molecule has 4 rings (SSSR count). The van der Waals surface area contributed by atoms with Crippen LogP contribution in [0.3, 0.4) is 0 Å². The Morgan fingerprint density at radius 3 is 2.57 bits per heavy atom. The second-order valence-electron chi connectivity index (χ2n) is 6.41. The molecule has 21 heavy (non-hydrogen) atoms. The molecular weight excluding hydrogens is 260 g/mol. The number of benzene rings is 1. The lowest BCUT2D eigenvalue weighted by molar-refractivity contribution is 0.432. The number of amidine groups is 1. The van der Waals surface area contributed by atoms with E-state index in [-0.39, 0.29) is 5.54 Å². The van der Waals surface area contributed by atoms with Crippen LogP contribution in [0.5, 0.6) is 0 Å². The summed E-state index contributed by atoms with van der Waals surface area (Å²) in [5.41, 5.74) is 4.77. The normalized spacial score (nSPS) is 29.2. The average molecular weight is 280 g/mol. The summed E-state index contributed by atoms with van der Waals surface area (Å²) in [4.78, 5) is 7.11. The SMILES string of the molecule is CC1=CC2=NC3(c4ccc(N(C)C)cc4)CC3N2N=C1C. The highest BCUT2D eigenvalue weighted by atomic mass is 15.6. The van der Waals surface area contributed by atoms with Crippen LogP contribution in [0, 0.1) is 0 Å². The number of rotatable bonds is 2. The number of nitrogens with zero attached hydrogens (tertiary/aromatic N) is 4. The lowest BCUT2D eigenvalue weighted by Crippen LogP contribution is -2.29. The lowest BCUT2D eigenvalue weighted by Gasteiger charge is -2.20. The number of aliphatic imine (C=N–C) groups is 1. The van der Waals surface area contributed by atoms with Crippen LogP contribution in [0.25, 0.3) is 0 Å². The largest absolute Gasteiger partial charge is 0.378 e. The van der Waals surface area contributed by atoms with Crippen molar-refractivity contribution in [1.29, 1.82) is 0 Å². The van der Waals surface area contributed by atoms with E-state index in [9.17, 15) is 0 Å². The van der Waals surface area contributed by atoms with Gasteiger partial charge in [-0.05, 0) is 43.2 Å². The van der Waals surface area contributed by atoms with E-state index in [1.54, 1.807) is 0 Å². The maximum absolute atomic E-state index is 4.99. The van der Waals surface area contributed by atoms with Gasteiger partial charge < -0.3 is 4.90 Å². The molecule has 0 radical (unpaired) electrons. The zero-order valence-corrected chi connectivity index (χ0v) is 13.0. The zero-order chi connectivity index (χ0) is 14.8. The van der Waals surface area contributed by atoms with Crippen LogP contribution in [-0.4, -0.2) is 36.7 Å². The summed E-state index contributed by atoms with van der Waals surface area (Å²) in [6, 6.07) is 9.17. The van der Waals surface area contributed by atoms with Gasteiger partial charge in [0.25, 0.3) is 0 Å². The molecule has 4 nitrogen and oxygen atoms in total. The highest BCUT2D eigenvalue weighted by molar-refractivity contribution is 6.09. The van der Waals surface area contributed by atoms with E-state index < -0.39 is 0 Å². The maximum atomic E-state index is 4.99. The molecule has 1 aromatic rings. The molecule has 1 fully saturated rings. The van der Waals surface area contributed by atoms with Crippen LogP contribution in [0.2, 0.25) is 0 Å². The average Bonchev–Trinajstić information content (AvgIpc) is 3.11. The maximum Gasteiger partial charge on any atom is 0.145 e. The molecule has 4 heteroatoms. The van der Waals surface area contributed by atoms with Crippen molar-refractivity contribution in [1.82, 2.24) is 5.01 Å². The minimum absolute atomic E-state index is 0.0644. The predicted molar refractivity (Wildman–Crippen MR) is 87.0 cm³/mol. The number of fused-ring (bicyclic) bond motifs is 3. The van der Waals surface area contributed by atoms with E-state index in [2.05, 4.69) is 68.2 Å². The number of hydrazone groups is 1. The molecule has 0 N–H and O–H groups in total. The van der Waals surface area contributed by atoms with Gasteiger partial charge >= 0.3 is 0 Å². The predicted octanol–water partition coefficient (Wildman–Crippen LogP) is 2.77. The molecule has 0 amide bonds. The Morgan fingerprint density at radius 1 is 1.19 bits per heavy atom. The van der Waals surface area contributed by atoms with Crippen LogP contribution in [0.15, 0.2) is 46.0 Å². The van der Waals surface area contributed by atoms with Crippen molar-refractivity contribution < 1.29 is 0 Å². The van der Waals surface area contributed by atoms with Crippen molar-refractivity contribution in [3.63, 3.8) is 0 Å². The van der Waals surface area contributed by atoms with Gasteiger partial charge in [-0.15, -0.1) is 0 Å². The number of allylic oxidation sites excluding steroid dienone is 1. The lowest BCUT2D eigenvalue weighted by atomic mass is 10.0. The van der Waals surface area contributed by atoms with Crippen molar-refractivity contribution in [2.45, 2.75) is 31.8 Å². The zero-order valence-electron chi connectivity index (χ0n) is 13.0. The van der Waals surface area contributed by atoms with Gasteiger partial charge in [-0.3, -0.25) is 4.99 Å². The number of anilines is 1. The van der Waals surface area contributed by atoms with Crippen molar-refractivity contribution in [2.24, 2.45) is 10.1 Å². The van der Waals surface area contributed by atoms with Crippen LogP contribution >= 0.6 is 0 Å². The molecule has 1 aromatic carbocycles. The standard InChI is InChI=1S/C17H20N4/c1-11-9-16-18-17(10-15(17)21(16)19-12(11)2)13-5-7-14(8-6-13)20(3)4/h5-9,15H,10H2,1-4H3. The van der Waals surface area contributed by atoms with Crippen molar-refractivity contribution in [2.75, 3.05) is 19.0 Å².